The van der Waals surface area contributed by atoms with E-state index < -0.39 is 30.7 Å². The van der Waals surface area contributed by atoms with Crippen LogP contribution in [0.5, 0.6) is 0 Å². The van der Waals surface area contributed by atoms with Gasteiger partial charge in [-0.15, -0.1) is 0 Å². The van der Waals surface area contributed by atoms with Crippen molar-refractivity contribution in [1.82, 2.24) is 0 Å². The van der Waals surface area contributed by atoms with Gasteiger partial charge in [-0.05, 0) is 38.1 Å². The number of carbonyl (C=O) groups excluding carboxylic acids is 2. The zero-order chi connectivity index (χ0) is 20.8. The van der Waals surface area contributed by atoms with E-state index in [2.05, 4.69) is 10.6 Å². The fraction of sp³-hybridized carbons (Fsp3) is 0.333. The number of nitrogens with one attached hydrogen (secondary N) is 2. The van der Waals surface area contributed by atoms with Crippen molar-refractivity contribution in [2.45, 2.75) is 38.8 Å². The van der Waals surface area contributed by atoms with Crippen molar-refractivity contribution >= 4 is 23.6 Å². The highest BCUT2D eigenvalue weighted by Crippen LogP contribution is 2.21. The number of aliphatic hydroxyl groups is 1. The number of benzene rings is 2. The number of aliphatic hydroxyl groups excluding tert-OH is 1. The summed E-state index contributed by atoms with van der Waals surface area (Å²) >= 11 is 0. The molecular formula is C21H24N2O6. The van der Waals surface area contributed by atoms with Crippen molar-refractivity contribution in [3.05, 3.63) is 59.7 Å². The molecule has 0 unspecified atom stereocenters. The van der Waals surface area contributed by atoms with Crippen LogP contribution in [0.4, 0.5) is 21.0 Å². The molecule has 3 N–H and O–H groups in total. The smallest absolute Gasteiger partial charge is 0.412 e. The molecule has 2 amide bonds. The minimum Gasteiger partial charge on any atom is -0.442 e. The molecule has 2 aromatic rings. The zero-order valence-electron chi connectivity index (χ0n) is 16.3. The van der Waals surface area contributed by atoms with Gasteiger partial charge >= 0.3 is 12.2 Å². The normalized spacial score (nSPS) is 21.1. The van der Waals surface area contributed by atoms with Crippen molar-refractivity contribution < 1.29 is 28.9 Å². The van der Waals surface area contributed by atoms with Gasteiger partial charge in [0.15, 0.2) is 12.4 Å². The van der Waals surface area contributed by atoms with Crippen molar-refractivity contribution in [2.24, 2.45) is 0 Å². The number of amides is 2. The maximum Gasteiger partial charge on any atom is 0.412 e. The molecule has 0 bridgehead atoms. The van der Waals surface area contributed by atoms with E-state index in [0.29, 0.717) is 11.4 Å². The van der Waals surface area contributed by atoms with Crippen molar-refractivity contribution in [3.8, 4) is 0 Å². The second-order valence-electron chi connectivity index (χ2n) is 6.85. The standard InChI is InChI=1S/C21H24N2O6/c1-13-3-7-15(8-4-13)22-20(25)28-17-11-12-27-19(24)18(17)29-21(26)23-16-9-5-14(2)6-10-16/h3-10,17-19,24H,11-12H2,1-2H3,(H,22,25)(H,23,26)/t17-,18-,19-/m1/s1. The summed E-state index contributed by atoms with van der Waals surface area (Å²) < 4.78 is 15.8. The van der Waals surface area contributed by atoms with Gasteiger partial charge in [0, 0.05) is 17.8 Å². The largest absolute Gasteiger partial charge is 0.442 e. The number of ether oxygens (including phenoxy) is 3. The molecule has 8 nitrogen and oxygen atoms in total. The molecule has 0 aromatic heterocycles. The van der Waals surface area contributed by atoms with Gasteiger partial charge in [-0.3, -0.25) is 10.6 Å². The molecule has 3 atom stereocenters. The topological polar surface area (TPSA) is 106 Å². The SMILES string of the molecule is Cc1ccc(NC(=O)O[C@H]2[C@H](O)OCC[C@H]2OC(=O)Nc2ccc(C)cc2)cc1. The zero-order valence-corrected chi connectivity index (χ0v) is 16.3. The van der Waals surface area contributed by atoms with E-state index >= 15 is 0 Å². The van der Waals surface area contributed by atoms with Gasteiger partial charge in [-0.2, -0.15) is 0 Å². The number of carbonyl (C=O) groups is 2. The molecule has 1 aliphatic rings. The lowest BCUT2D eigenvalue weighted by molar-refractivity contribution is -0.217. The molecule has 1 saturated heterocycles. The van der Waals surface area contributed by atoms with Gasteiger partial charge in [-0.1, -0.05) is 35.4 Å². The van der Waals surface area contributed by atoms with Crippen molar-refractivity contribution in [2.75, 3.05) is 17.2 Å². The molecule has 8 heteroatoms. The van der Waals surface area contributed by atoms with E-state index in [4.69, 9.17) is 14.2 Å². The van der Waals surface area contributed by atoms with Gasteiger partial charge < -0.3 is 19.3 Å². The number of hydrogen-bond acceptors (Lipinski definition) is 6. The number of aryl methyl sites for hydroxylation is 2. The van der Waals surface area contributed by atoms with Crippen LogP contribution < -0.4 is 10.6 Å². The second kappa shape index (κ2) is 9.40. The van der Waals surface area contributed by atoms with E-state index in [-0.39, 0.29) is 13.0 Å². The summed E-state index contributed by atoms with van der Waals surface area (Å²) in [7, 11) is 0. The number of anilines is 2. The molecular weight excluding hydrogens is 376 g/mol. The maximum atomic E-state index is 12.2. The highest BCUT2D eigenvalue weighted by Gasteiger charge is 2.39. The Hall–Kier alpha value is -3.10. The third kappa shape index (κ3) is 5.94. The summed E-state index contributed by atoms with van der Waals surface area (Å²) in [5.74, 6) is 0. The van der Waals surface area contributed by atoms with Gasteiger partial charge in [-0.25, -0.2) is 9.59 Å². The third-order valence-corrected chi connectivity index (χ3v) is 4.44. The van der Waals surface area contributed by atoms with Crippen LogP contribution in [0.1, 0.15) is 17.5 Å². The first kappa shape index (κ1) is 20.6. The van der Waals surface area contributed by atoms with Crippen LogP contribution in [0, 0.1) is 13.8 Å². The molecule has 2 aromatic carbocycles. The number of hydrogen-bond donors (Lipinski definition) is 3. The Morgan fingerprint density at radius 2 is 1.38 bits per heavy atom. The Morgan fingerprint density at radius 3 is 1.90 bits per heavy atom. The summed E-state index contributed by atoms with van der Waals surface area (Å²) in [6, 6.07) is 14.4. The average Bonchev–Trinajstić information content (AvgIpc) is 2.68. The van der Waals surface area contributed by atoms with E-state index in [1.165, 1.54) is 0 Å². The minimum absolute atomic E-state index is 0.170. The van der Waals surface area contributed by atoms with Crippen LogP contribution >= 0.6 is 0 Å². The third-order valence-electron chi connectivity index (χ3n) is 4.44. The highest BCUT2D eigenvalue weighted by atomic mass is 16.7. The first-order valence-electron chi connectivity index (χ1n) is 9.29. The summed E-state index contributed by atoms with van der Waals surface area (Å²) in [6.07, 6.45) is -4.62. The van der Waals surface area contributed by atoms with Crippen LogP contribution in [-0.4, -0.2) is 42.4 Å². The van der Waals surface area contributed by atoms with E-state index in [9.17, 15) is 14.7 Å². The van der Waals surface area contributed by atoms with E-state index in [1.54, 1.807) is 24.3 Å². The second-order valence-corrected chi connectivity index (χ2v) is 6.85. The maximum absolute atomic E-state index is 12.2. The first-order valence-corrected chi connectivity index (χ1v) is 9.29. The van der Waals surface area contributed by atoms with E-state index in [0.717, 1.165) is 11.1 Å². The summed E-state index contributed by atoms with van der Waals surface area (Å²) in [5.41, 5.74) is 3.22. The highest BCUT2D eigenvalue weighted by molar-refractivity contribution is 5.85. The molecule has 154 valence electrons. The fourth-order valence-electron chi connectivity index (χ4n) is 2.84. The summed E-state index contributed by atoms with van der Waals surface area (Å²) in [6.45, 7) is 4.04. The number of rotatable bonds is 4. The Labute approximate surface area is 168 Å². The van der Waals surface area contributed by atoms with Crippen molar-refractivity contribution in [3.63, 3.8) is 0 Å². The lowest BCUT2D eigenvalue weighted by Gasteiger charge is -2.34. The average molecular weight is 400 g/mol. The Kier molecular flexibility index (Phi) is 6.69. The minimum atomic E-state index is -1.40. The summed E-state index contributed by atoms with van der Waals surface area (Å²) in [4.78, 5) is 24.4. The van der Waals surface area contributed by atoms with Gasteiger partial charge in [0.1, 0.15) is 6.10 Å². The van der Waals surface area contributed by atoms with Crippen LogP contribution in [0.25, 0.3) is 0 Å². The van der Waals surface area contributed by atoms with Crippen LogP contribution in [0.3, 0.4) is 0 Å². The van der Waals surface area contributed by atoms with Gasteiger partial charge in [0.05, 0.1) is 6.61 Å². The molecule has 1 heterocycles. The van der Waals surface area contributed by atoms with Crippen LogP contribution in [-0.2, 0) is 14.2 Å². The molecule has 0 spiro atoms. The van der Waals surface area contributed by atoms with Crippen molar-refractivity contribution in [1.29, 1.82) is 0 Å². The molecule has 0 radical (unpaired) electrons. The molecule has 3 rings (SSSR count). The van der Waals surface area contributed by atoms with Gasteiger partial charge in [0.25, 0.3) is 0 Å². The molecule has 0 saturated carbocycles. The van der Waals surface area contributed by atoms with E-state index in [1.807, 2.05) is 38.1 Å². The lowest BCUT2D eigenvalue weighted by Crippen LogP contribution is -2.50. The van der Waals surface area contributed by atoms with Crippen LogP contribution in [0.15, 0.2) is 48.5 Å². The van der Waals surface area contributed by atoms with Crippen LogP contribution in [0.2, 0.25) is 0 Å². The predicted octanol–water partition coefficient (Wildman–Crippen LogP) is 3.58. The first-order chi connectivity index (χ1) is 13.9. The molecule has 1 fully saturated rings. The van der Waals surface area contributed by atoms with Gasteiger partial charge in [0.2, 0.25) is 0 Å². The Morgan fingerprint density at radius 1 is 0.897 bits per heavy atom. The Balaban J connectivity index is 1.59. The monoisotopic (exact) mass is 400 g/mol. The molecule has 0 aliphatic carbocycles. The lowest BCUT2D eigenvalue weighted by atomic mass is 10.1. The fourth-order valence-corrected chi connectivity index (χ4v) is 2.84. The quantitative estimate of drug-likeness (QED) is 0.724. The summed E-state index contributed by atoms with van der Waals surface area (Å²) in [5, 5.41) is 15.3. The Bertz CT molecular complexity index is 837. The predicted molar refractivity (Wildman–Crippen MR) is 107 cm³/mol. The molecule has 1 aliphatic heterocycles. The molecule has 29 heavy (non-hydrogen) atoms.